The van der Waals surface area contributed by atoms with Crippen molar-refractivity contribution >= 4 is 17.3 Å². The van der Waals surface area contributed by atoms with E-state index in [9.17, 15) is 0 Å². The van der Waals surface area contributed by atoms with Crippen LogP contribution in [-0.2, 0) is 6.42 Å². The zero-order valence-corrected chi connectivity index (χ0v) is 11.1. The molecule has 1 atom stereocenters. The molecule has 1 aliphatic rings. The fourth-order valence-electron chi connectivity index (χ4n) is 2.30. The molecule has 0 aliphatic heterocycles. The van der Waals surface area contributed by atoms with Gasteiger partial charge < -0.3 is 10.6 Å². The molecule has 0 bridgehead atoms. The lowest BCUT2D eigenvalue weighted by Gasteiger charge is -2.17. The highest BCUT2D eigenvalue weighted by Gasteiger charge is 2.21. The van der Waals surface area contributed by atoms with Crippen LogP contribution in [0.15, 0.2) is 24.3 Å². The molecule has 2 nitrogen and oxygen atoms in total. The molecule has 0 heterocycles. The summed E-state index contributed by atoms with van der Waals surface area (Å²) in [5.41, 5.74) is 2.87. The molecule has 2 N–H and O–H groups in total. The van der Waals surface area contributed by atoms with E-state index in [0.717, 1.165) is 24.5 Å². The summed E-state index contributed by atoms with van der Waals surface area (Å²) in [4.78, 5) is 0. The molecule has 0 fully saturated rings. The summed E-state index contributed by atoms with van der Waals surface area (Å²) in [6.07, 6.45) is 4.67. The Balaban J connectivity index is 1.87. The van der Waals surface area contributed by atoms with Crippen LogP contribution < -0.4 is 10.6 Å². The molecular weight excluding hydrogens is 228 g/mol. The fraction of sp³-hybridized carbons (Fsp3) is 0.500. The molecule has 1 aromatic carbocycles. The highest BCUT2D eigenvalue weighted by molar-refractivity contribution is 7.80. The second-order valence-corrected chi connectivity index (χ2v) is 4.95. The van der Waals surface area contributed by atoms with E-state index in [1.165, 1.54) is 24.0 Å². The van der Waals surface area contributed by atoms with Gasteiger partial charge in [0.15, 0.2) is 5.11 Å². The molecule has 92 valence electrons. The maximum absolute atomic E-state index is 5.31. The van der Waals surface area contributed by atoms with Crippen LogP contribution in [0.25, 0.3) is 0 Å². The van der Waals surface area contributed by atoms with E-state index in [1.807, 2.05) is 0 Å². The number of hydrogen-bond acceptors (Lipinski definition) is 1. The third-order valence-corrected chi connectivity index (χ3v) is 3.52. The quantitative estimate of drug-likeness (QED) is 0.633. The van der Waals surface area contributed by atoms with Crippen molar-refractivity contribution in [2.45, 2.75) is 38.6 Å². The van der Waals surface area contributed by atoms with Crippen molar-refractivity contribution in [2.24, 2.45) is 0 Å². The summed E-state index contributed by atoms with van der Waals surface area (Å²) in [6, 6.07) is 9.03. The second-order valence-electron chi connectivity index (χ2n) is 4.54. The van der Waals surface area contributed by atoms with Crippen LogP contribution in [0.5, 0.6) is 0 Å². The third kappa shape index (κ3) is 3.19. The summed E-state index contributed by atoms with van der Waals surface area (Å²) >= 11 is 5.31. The van der Waals surface area contributed by atoms with Gasteiger partial charge in [0.05, 0.1) is 6.04 Å². The van der Waals surface area contributed by atoms with E-state index in [4.69, 9.17) is 12.2 Å². The highest BCUT2D eigenvalue weighted by Crippen LogP contribution is 2.30. The SMILES string of the molecule is CCCCNC(=S)NC1CCc2ccccc21. The third-order valence-electron chi connectivity index (χ3n) is 3.25. The van der Waals surface area contributed by atoms with Crippen molar-refractivity contribution < 1.29 is 0 Å². The number of nitrogens with one attached hydrogen (secondary N) is 2. The van der Waals surface area contributed by atoms with Gasteiger partial charge in [-0.05, 0) is 42.6 Å². The van der Waals surface area contributed by atoms with E-state index in [1.54, 1.807) is 0 Å². The smallest absolute Gasteiger partial charge is 0.166 e. The van der Waals surface area contributed by atoms with Gasteiger partial charge in [-0.3, -0.25) is 0 Å². The minimum atomic E-state index is 0.396. The Morgan fingerprint density at radius 3 is 3.06 bits per heavy atom. The van der Waals surface area contributed by atoms with Crippen molar-refractivity contribution in [1.82, 2.24) is 10.6 Å². The summed E-state index contributed by atoms with van der Waals surface area (Å²) in [5, 5.41) is 7.47. The predicted octanol–water partition coefficient (Wildman–Crippen LogP) is 2.94. The first-order chi connectivity index (χ1) is 8.31. The topological polar surface area (TPSA) is 24.1 Å². The van der Waals surface area contributed by atoms with Crippen molar-refractivity contribution in [3.8, 4) is 0 Å². The van der Waals surface area contributed by atoms with Gasteiger partial charge in [-0.15, -0.1) is 0 Å². The van der Waals surface area contributed by atoms with Crippen LogP contribution in [0.3, 0.4) is 0 Å². The molecule has 0 aromatic heterocycles. The Morgan fingerprint density at radius 2 is 2.24 bits per heavy atom. The fourth-order valence-corrected chi connectivity index (χ4v) is 2.54. The molecule has 17 heavy (non-hydrogen) atoms. The van der Waals surface area contributed by atoms with E-state index in [-0.39, 0.29) is 0 Å². The summed E-state index contributed by atoms with van der Waals surface area (Å²) < 4.78 is 0. The number of hydrogen-bond donors (Lipinski definition) is 2. The first-order valence-corrected chi connectivity index (χ1v) is 6.84. The van der Waals surface area contributed by atoms with Gasteiger partial charge in [0, 0.05) is 6.54 Å². The van der Waals surface area contributed by atoms with E-state index in [2.05, 4.69) is 41.8 Å². The summed E-state index contributed by atoms with van der Waals surface area (Å²) in [6.45, 7) is 3.15. The molecule has 3 heteroatoms. The van der Waals surface area contributed by atoms with Crippen molar-refractivity contribution in [2.75, 3.05) is 6.54 Å². The molecule has 1 aliphatic carbocycles. The first-order valence-electron chi connectivity index (χ1n) is 6.43. The normalized spacial score (nSPS) is 17.6. The van der Waals surface area contributed by atoms with Gasteiger partial charge in [0.25, 0.3) is 0 Å². The molecule has 1 aromatic rings. The summed E-state index contributed by atoms with van der Waals surface area (Å²) in [7, 11) is 0. The van der Waals surface area contributed by atoms with Gasteiger partial charge in [-0.25, -0.2) is 0 Å². The lowest BCUT2D eigenvalue weighted by atomic mass is 10.1. The summed E-state index contributed by atoms with van der Waals surface area (Å²) in [5.74, 6) is 0. The standard InChI is InChI=1S/C14H20N2S/c1-2-3-10-15-14(17)16-13-9-8-11-6-4-5-7-12(11)13/h4-7,13H,2-3,8-10H2,1H3,(H2,15,16,17). The lowest BCUT2D eigenvalue weighted by Crippen LogP contribution is -2.37. The number of benzene rings is 1. The van der Waals surface area contributed by atoms with Crippen molar-refractivity contribution in [3.05, 3.63) is 35.4 Å². The molecule has 0 radical (unpaired) electrons. The number of aryl methyl sites for hydroxylation is 1. The molecule has 1 unspecified atom stereocenters. The zero-order chi connectivity index (χ0) is 12.1. The van der Waals surface area contributed by atoms with Gasteiger partial charge in [-0.1, -0.05) is 37.6 Å². The van der Waals surface area contributed by atoms with Gasteiger partial charge in [-0.2, -0.15) is 0 Å². The van der Waals surface area contributed by atoms with Crippen molar-refractivity contribution in [1.29, 1.82) is 0 Å². The Kier molecular flexibility index (Phi) is 4.37. The number of thiocarbonyl (C=S) groups is 1. The average molecular weight is 248 g/mol. The first kappa shape index (κ1) is 12.4. The Bertz CT molecular complexity index is 390. The highest BCUT2D eigenvalue weighted by atomic mass is 32.1. The average Bonchev–Trinajstić information content (AvgIpc) is 2.73. The van der Waals surface area contributed by atoms with Crippen LogP contribution in [0.1, 0.15) is 43.4 Å². The van der Waals surface area contributed by atoms with Crippen LogP contribution in [-0.4, -0.2) is 11.7 Å². The monoisotopic (exact) mass is 248 g/mol. The van der Waals surface area contributed by atoms with E-state index in [0.29, 0.717) is 6.04 Å². The Hall–Kier alpha value is -1.09. The lowest BCUT2D eigenvalue weighted by molar-refractivity contribution is 0.626. The maximum atomic E-state index is 5.31. The molecule has 0 spiro atoms. The number of fused-ring (bicyclic) bond motifs is 1. The zero-order valence-electron chi connectivity index (χ0n) is 10.3. The Morgan fingerprint density at radius 1 is 1.41 bits per heavy atom. The molecular formula is C14H20N2S. The van der Waals surface area contributed by atoms with Crippen molar-refractivity contribution in [3.63, 3.8) is 0 Å². The van der Waals surface area contributed by atoms with E-state index >= 15 is 0 Å². The van der Waals surface area contributed by atoms with Crippen LogP contribution in [0, 0.1) is 0 Å². The maximum Gasteiger partial charge on any atom is 0.166 e. The second kappa shape index (κ2) is 6.01. The predicted molar refractivity (Wildman–Crippen MR) is 76.1 cm³/mol. The molecule has 2 rings (SSSR count). The van der Waals surface area contributed by atoms with Crippen LogP contribution >= 0.6 is 12.2 Å². The van der Waals surface area contributed by atoms with Gasteiger partial charge in [0.2, 0.25) is 0 Å². The molecule has 0 saturated carbocycles. The number of unbranched alkanes of at least 4 members (excludes halogenated alkanes) is 1. The minimum absolute atomic E-state index is 0.396. The molecule has 0 amide bonds. The van der Waals surface area contributed by atoms with Gasteiger partial charge in [0.1, 0.15) is 0 Å². The Labute approximate surface area is 109 Å². The van der Waals surface area contributed by atoms with Crippen LogP contribution in [0.2, 0.25) is 0 Å². The van der Waals surface area contributed by atoms with E-state index < -0.39 is 0 Å². The van der Waals surface area contributed by atoms with Gasteiger partial charge >= 0.3 is 0 Å². The number of rotatable bonds is 4. The van der Waals surface area contributed by atoms with Crippen LogP contribution in [0.4, 0.5) is 0 Å². The molecule has 0 saturated heterocycles. The minimum Gasteiger partial charge on any atom is -0.363 e. The largest absolute Gasteiger partial charge is 0.363 e.